The molecular formula is C23H27F2N3O3. The molecule has 166 valence electrons. The first-order chi connectivity index (χ1) is 14.9. The van der Waals surface area contributed by atoms with Crippen LogP contribution in [0.1, 0.15) is 31.4 Å². The van der Waals surface area contributed by atoms with Crippen LogP contribution in [0.4, 0.5) is 14.5 Å². The fraction of sp³-hybridized carbons (Fsp3) is 0.391. The van der Waals surface area contributed by atoms with Crippen molar-refractivity contribution in [2.45, 2.75) is 25.8 Å². The fourth-order valence-corrected chi connectivity index (χ4v) is 3.77. The Bertz CT molecular complexity index is 921. The molecule has 0 aromatic heterocycles. The summed E-state index contributed by atoms with van der Waals surface area (Å²) >= 11 is 0. The molecule has 2 unspecified atom stereocenters. The number of methoxy groups -OCH3 is 1. The van der Waals surface area contributed by atoms with Crippen molar-refractivity contribution in [3.05, 3.63) is 59.7 Å². The Balaban J connectivity index is 1.52. The van der Waals surface area contributed by atoms with Gasteiger partial charge in [-0.2, -0.15) is 0 Å². The topological polar surface area (TPSA) is 70.7 Å². The van der Waals surface area contributed by atoms with Gasteiger partial charge in [-0.05, 0) is 42.2 Å². The van der Waals surface area contributed by atoms with Gasteiger partial charge in [0.15, 0.2) is 11.6 Å². The zero-order valence-electron chi connectivity index (χ0n) is 17.7. The number of carbonyl (C=O) groups excluding carboxylic acids is 2. The summed E-state index contributed by atoms with van der Waals surface area (Å²) in [4.78, 5) is 26.1. The van der Waals surface area contributed by atoms with E-state index in [1.807, 2.05) is 17.0 Å². The van der Waals surface area contributed by atoms with E-state index in [-0.39, 0.29) is 24.2 Å². The highest BCUT2D eigenvalue weighted by molar-refractivity contribution is 5.79. The monoisotopic (exact) mass is 431 g/mol. The highest BCUT2D eigenvalue weighted by Gasteiger charge is 2.24. The van der Waals surface area contributed by atoms with Crippen LogP contribution >= 0.6 is 0 Å². The normalized spacial score (nSPS) is 16.6. The minimum atomic E-state index is -0.864. The van der Waals surface area contributed by atoms with Crippen LogP contribution in [-0.4, -0.2) is 38.6 Å². The van der Waals surface area contributed by atoms with E-state index in [0.717, 1.165) is 18.1 Å². The summed E-state index contributed by atoms with van der Waals surface area (Å²) in [5.41, 5.74) is 1.45. The highest BCUT2D eigenvalue weighted by atomic mass is 19.2. The van der Waals surface area contributed by atoms with Crippen molar-refractivity contribution in [3.63, 3.8) is 0 Å². The molecule has 2 atom stereocenters. The third-order valence-corrected chi connectivity index (χ3v) is 5.43. The van der Waals surface area contributed by atoms with E-state index < -0.39 is 17.7 Å². The average molecular weight is 431 g/mol. The number of hydrogen-bond donors (Lipinski definition) is 2. The molecule has 1 heterocycles. The number of carbonyl (C=O) groups is 2. The molecule has 2 aromatic carbocycles. The first-order valence-electron chi connectivity index (χ1n) is 10.2. The second kappa shape index (κ2) is 10.2. The summed E-state index contributed by atoms with van der Waals surface area (Å²) in [6.45, 7) is 3.26. The molecular weight excluding hydrogens is 404 g/mol. The molecule has 0 spiro atoms. The van der Waals surface area contributed by atoms with E-state index in [1.165, 1.54) is 13.0 Å². The van der Waals surface area contributed by atoms with Crippen molar-refractivity contribution >= 4 is 17.5 Å². The number of nitrogens with one attached hydrogen (secondary N) is 2. The van der Waals surface area contributed by atoms with Gasteiger partial charge in [0.05, 0.1) is 19.6 Å². The minimum absolute atomic E-state index is 0.117. The van der Waals surface area contributed by atoms with Crippen molar-refractivity contribution < 1.29 is 23.1 Å². The SMILES string of the molecule is COc1ccc(C(CC(=O)NCC2CCN(c3ccc(F)c(F)c3)C2)NC(C)=O)cc1. The third kappa shape index (κ3) is 6.16. The Morgan fingerprint density at radius 3 is 2.55 bits per heavy atom. The van der Waals surface area contributed by atoms with Gasteiger partial charge in [-0.3, -0.25) is 9.59 Å². The molecule has 2 amide bonds. The van der Waals surface area contributed by atoms with Crippen molar-refractivity contribution in [1.82, 2.24) is 10.6 Å². The minimum Gasteiger partial charge on any atom is -0.497 e. The Labute approximate surface area is 180 Å². The maximum absolute atomic E-state index is 13.5. The van der Waals surface area contributed by atoms with Crippen LogP contribution in [0.5, 0.6) is 5.75 Å². The van der Waals surface area contributed by atoms with Crippen LogP contribution in [-0.2, 0) is 9.59 Å². The number of rotatable bonds is 8. The Hall–Kier alpha value is -3.16. The molecule has 2 aromatic rings. The number of ether oxygens (including phenoxy) is 1. The summed E-state index contributed by atoms with van der Waals surface area (Å²) in [5.74, 6) is -1.21. The maximum Gasteiger partial charge on any atom is 0.222 e. The smallest absolute Gasteiger partial charge is 0.222 e. The molecule has 31 heavy (non-hydrogen) atoms. The summed E-state index contributed by atoms with van der Waals surface area (Å²) in [6, 6.07) is 10.7. The van der Waals surface area contributed by atoms with E-state index in [2.05, 4.69) is 10.6 Å². The Kier molecular flexibility index (Phi) is 7.44. The van der Waals surface area contributed by atoms with Crippen LogP contribution in [0.2, 0.25) is 0 Å². The van der Waals surface area contributed by atoms with Gasteiger partial charge >= 0.3 is 0 Å². The van der Waals surface area contributed by atoms with Crippen molar-refractivity contribution in [2.24, 2.45) is 5.92 Å². The predicted molar refractivity (Wildman–Crippen MR) is 114 cm³/mol. The molecule has 0 aliphatic carbocycles. The van der Waals surface area contributed by atoms with E-state index in [4.69, 9.17) is 4.74 Å². The summed E-state index contributed by atoms with van der Waals surface area (Å²) in [6.07, 6.45) is 0.957. The summed E-state index contributed by atoms with van der Waals surface area (Å²) in [5, 5.41) is 5.75. The number of hydrogen-bond acceptors (Lipinski definition) is 4. The standard InChI is InChI=1S/C23H27F2N3O3/c1-15(29)27-22(17-3-6-19(31-2)7-4-17)12-23(30)26-13-16-9-10-28(14-16)18-5-8-20(24)21(25)11-18/h3-8,11,16,22H,9-10,12-14H2,1-2H3,(H,26,30)(H,27,29). The van der Waals surface area contributed by atoms with Gasteiger partial charge in [0.25, 0.3) is 0 Å². The Morgan fingerprint density at radius 2 is 1.90 bits per heavy atom. The van der Waals surface area contributed by atoms with Gasteiger partial charge in [-0.1, -0.05) is 12.1 Å². The number of benzene rings is 2. The molecule has 3 rings (SSSR count). The molecule has 1 fully saturated rings. The first kappa shape index (κ1) is 22.5. The zero-order valence-corrected chi connectivity index (χ0v) is 17.7. The number of nitrogens with zero attached hydrogens (tertiary/aromatic N) is 1. The molecule has 6 nitrogen and oxygen atoms in total. The number of amides is 2. The second-order valence-corrected chi connectivity index (χ2v) is 7.73. The van der Waals surface area contributed by atoms with Gasteiger partial charge in [0, 0.05) is 38.3 Å². The van der Waals surface area contributed by atoms with Crippen molar-refractivity contribution in [1.29, 1.82) is 0 Å². The lowest BCUT2D eigenvalue weighted by atomic mass is 10.0. The molecule has 1 aliphatic heterocycles. The Morgan fingerprint density at radius 1 is 1.16 bits per heavy atom. The van der Waals surface area contributed by atoms with E-state index in [9.17, 15) is 18.4 Å². The average Bonchev–Trinajstić information content (AvgIpc) is 3.22. The maximum atomic E-state index is 13.5. The molecule has 8 heteroatoms. The zero-order chi connectivity index (χ0) is 22.4. The van der Waals surface area contributed by atoms with Gasteiger partial charge in [0.2, 0.25) is 11.8 Å². The van der Waals surface area contributed by atoms with Crippen LogP contribution in [0.25, 0.3) is 0 Å². The van der Waals surface area contributed by atoms with Crippen LogP contribution in [0.15, 0.2) is 42.5 Å². The second-order valence-electron chi connectivity index (χ2n) is 7.73. The number of halogens is 2. The lowest BCUT2D eigenvalue weighted by Crippen LogP contribution is -2.35. The highest BCUT2D eigenvalue weighted by Crippen LogP contribution is 2.25. The van der Waals surface area contributed by atoms with Crippen LogP contribution in [0.3, 0.4) is 0 Å². The van der Waals surface area contributed by atoms with Crippen LogP contribution in [0, 0.1) is 17.6 Å². The number of anilines is 1. The van der Waals surface area contributed by atoms with E-state index in [0.29, 0.717) is 31.1 Å². The third-order valence-electron chi connectivity index (χ3n) is 5.43. The van der Waals surface area contributed by atoms with Crippen molar-refractivity contribution in [3.8, 4) is 5.75 Å². The molecule has 0 radical (unpaired) electrons. The summed E-state index contributed by atoms with van der Waals surface area (Å²) < 4.78 is 31.8. The largest absolute Gasteiger partial charge is 0.497 e. The molecule has 0 saturated carbocycles. The predicted octanol–water partition coefficient (Wildman–Crippen LogP) is 3.18. The summed E-state index contributed by atoms with van der Waals surface area (Å²) in [7, 11) is 1.57. The fourth-order valence-electron chi connectivity index (χ4n) is 3.77. The first-order valence-corrected chi connectivity index (χ1v) is 10.2. The van der Waals surface area contributed by atoms with E-state index in [1.54, 1.807) is 25.3 Å². The lowest BCUT2D eigenvalue weighted by Gasteiger charge is -2.20. The molecule has 2 N–H and O–H groups in total. The van der Waals surface area contributed by atoms with Crippen molar-refractivity contribution in [2.75, 3.05) is 31.6 Å². The van der Waals surface area contributed by atoms with E-state index >= 15 is 0 Å². The van der Waals surface area contributed by atoms with Crippen LogP contribution < -0.4 is 20.3 Å². The lowest BCUT2D eigenvalue weighted by molar-refractivity contribution is -0.122. The molecule has 0 bridgehead atoms. The van der Waals surface area contributed by atoms with Gasteiger partial charge in [-0.15, -0.1) is 0 Å². The quantitative estimate of drug-likeness (QED) is 0.674. The van der Waals surface area contributed by atoms with Gasteiger partial charge in [-0.25, -0.2) is 8.78 Å². The molecule has 1 aliphatic rings. The van der Waals surface area contributed by atoms with Gasteiger partial charge < -0.3 is 20.3 Å². The van der Waals surface area contributed by atoms with Gasteiger partial charge in [0.1, 0.15) is 5.75 Å². The molecule has 1 saturated heterocycles.